The van der Waals surface area contributed by atoms with E-state index in [0.29, 0.717) is 5.56 Å². The van der Waals surface area contributed by atoms with Gasteiger partial charge in [0.25, 0.3) is 5.91 Å². The number of nitrogens with one attached hydrogen (secondary N) is 1. The number of hydrogen-bond acceptors (Lipinski definition) is 2. The molecule has 124 valence electrons. The Labute approximate surface area is 153 Å². The number of hydrogen-bond donors (Lipinski definition) is 1. The maximum absolute atomic E-state index is 13.2. The fourth-order valence-electron chi connectivity index (χ4n) is 2.99. The third-order valence-electron chi connectivity index (χ3n) is 4.21. The van der Waals surface area contributed by atoms with Crippen LogP contribution in [0.25, 0.3) is 0 Å². The Morgan fingerprint density at radius 2 is 1.64 bits per heavy atom. The van der Waals surface area contributed by atoms with Crippen LogP contribution >= 0.6 is 15.9 Å². The number of amides is 1. The lowest BCUT2D eigenvalue weighted by atomic mass is 10.1. The van der Waals surface area contributed by atoms with Crippen molar-refractivity contribution in [3.63, 3.8) is 0 Å². The van der Waals surface area contributed by atoms with Crippen LogP contribution in [-0.4, -0.2) is 5.91 Å². The highest BCUT2D eigenvalue weighted by Gasteiger charge is 2.34. The predicted octanol–water partition coefficient (Wildman–Crippen LogP) is 5.36. The van der Waals surface area contributed by atoms with E-state index < -0.39 is 0 Å². The van der Waals surface area contributed by atoms with Crippen molar-refractivity contribution in [3.05, 3.63) is 94.2 Å². The van der Waals surface area contributed by atoms with E-state index in [-0.39, 0.29) is 17.9 Å². The summed E-state index contributed by atoms with van der Waals surface area (Å²) in [5, 5.41) is 3.40. The van der Waals surface area contributed by atoms with Gasteiger partial charge in [0.2, 0.25) is 0 Å². The first-order valence-corrected chi connectivity index (χ1v) is 8.63. The maximum Gasteiger partial charge on any atom is 0.260 e. The number of carbonyl (C=O) groups excluding carboxylic acids is 1. The number of para-hydroxylation sites is 2. The van der Waals surface area contributed by atoms with Gasteiger partial charge >= 0.3 is 0 Å². The van der Waals surface area contributed by atoms with Gasteiger partial charge in [0, 0.05) is 10.0 Å². The van der Waals surface area contributed by atoms with Crippen LogP contribution in [0.5, 0.6) is 0 Å². The van der Waals surface area contributed by atoms with Crippen molar-refractivity contribution in [3.8, 4) is 0 Å². The lowest BCUT2D eigenvalue weighted by Crippen LogP contribution is -2.34. The quantitative estimate of drug-likeness (QED) is 0.632. The van der Waals surface area contributed by atoms with Crippen molar-refractivity contribution in [2.45, 2.75) is 6.17 Å². The fourth-order valence-corrected chi connectivity index (χ4v) is 3.26. The largest absolute Gasteiger partial charge is 0.359 e. The molecule has 3 aromatic rings. The summed E-state index contributed by atoms with van der Waals surface area (Å²) in [5.41, 5.74) is 3.12. The molecule has 0 spiro atoms. The molecular weight excluding hydrogens is 383 g/mol. The van der Waals surface area contributed by atoms with Crippen LogP contribution in [0.15, 0.2) is 77.3 Å². The molecule has 1 atom stereocenters. The second-order valence-corrected chi connectivity index (χ2v) is 6.71. The van der Waals surface area contributed by atoms with Crippen molar-refractivity contribution < 1.29 is 9.18 Å². The molecule has 3 nitrogen and oxygen atoms in total. The van der Waals surface area contributed by atoms with Gasteiger partial charge in [0.05, 0.1) is 11.4 Å². The van der Waals surface area contributed by atoms with Gasteiger partial charge in [-0.3, -0.25) is 9.69 Å². The highest BCUT2D eigenvalue weighted by molar-refractivity contribution is 9.10. The molecule has 25 heavy (non-hydrogen) atoms. The summed E-state index contributed by atoms with van der Waals surface area (Å²) in [4.78, 5) is 14.8. The number of benzene rings is 3. The van der Waals surface area contributed by atoms with Crippen molar-refractivity contribution in [2.24, 2.45) is 0 Å². The number of rotatable bonds is 2. The Bertz CT molecular complexity index is 925. The minimum absolute atomic E-state index is 0.176. The molecule has 0 fully saturated rings. The van der Waals surface area contributed by atoms with Crippen LogP contribution < -0.4 is 10.2 Å². The standard InChI is InChI=1S/C20H14BrFN2O/c21-15-9-5-13(6-10-15)19-23-17-3-1-2-4-18(17)24(19)20(25)14-7-11-16(22)12-8-14/h1-12,19,23H. The van der Waals surface area contributed by atoms with Crippen molar-refractivity contribution in [1.29, 1.82) is 0 Å². The van der Waals surface area contributed by atoms with Crippen molar-refractivity contribution in [2.75, 3.05) is 10.2 Å². The molecule has 1 amide bonds. The Morgan fingerprint density at radius 3 is 2.36 bits per heavy atom. The van der Waals surface area contributed by atoms with E-state index in [1.807, 2.05) is 48.5 Å². The second kappa shape index (κ2) is 6.33. The molecule has 1 heterocycles. The van der Waals surface area contributed by atoms with Crippen LogP contribution in [-0.2, 0) is 0 Å². The zero-order chi connectivity index (χ0) is 17.4. The molecule has 1 aliphatic heterocycles. The SMILES string of the molecule is O=C(c1ccc(F)cc1)N1c2ccccc2NC1c1ccc(Br)cc1. The summed E-state index contributed by atoms with van der Waals surface area (Å²) in [6.07, 6.45) is -0.317. The smallest absolute Gasteiger partial charge is 0.260 e. The minimum Gasteiger partial charge on any atom is -0.359 e. The molecule has 3 aromatic carbocycles. The zero-order valence-corrected chi connectivity index (χ0v) is 14.7. The number of carbonyl (C=O) groups is 1. The monoisotopic (exact) mass is 396 g/mol. The summed E-state index contributed by atoms with van der Waals surface area (Å²) in [7, 11) is 0. The van der Waals surface area contributed by atoms with Crippen LogP contribution in [0.2, 0.25) is 0 Å². The Kier molecular flexibility index (Phi) is 4.01. The molecule has 0 saturated carbocycles. The molecule has 0 aliphatic carbocycles. The summed E-state index contributed by atoms with van der Waals surface area (Å²) in [5.74, 6) is -0.536. The predicted molar refractivity (Wildman–Crippen MR) is 100 cm³/mol. The van der Waals surface area contributed by atoms with Crippen LogP contribution in [0.4, 0.5) is 15.8 Å². The molecule has 0 saturated heterocycles. The Hall–Kier alpha value is -2.66. The number of nitrogens with zero attached hydrogens (tertiary/aromatic N) is 1. The lowest BCUT2D eigenvalue weighted by Gasteiger charge is -2.25. The second-order valence-electron chi connectivity index (χ2n) is 5.80. The molecule has 0 radical (unpaired) electrons. The summed E-state index contributed by atoms with van der Waals surface area (Å²) < 4.78 is 14.2. The topological polar surface area (TPSA) is 32.3 Å². The number of halogens is 2. The van der Waals surface area contributed by atoms with Crippen molar-refractivity contribution in [1.82, 2.24) is 0 Å². The molecule has 0 bridgehead atoms. The van der Waals surface area contributed by atoms with Crippen LogP contribution in [0, 0.1) is 5.82 Å². The maximum atomic E-state index is 13.2. The molecular formula is C20H14BrFN2O. The van der Waals surface area contributed by atoms with Gasteiger partial charge in [0.15, 0.2) is 0 Å². The molecule has 1 N–H and O–H groups in total. The van der Waals surface area contributed by atoms with E-state index in [1.165, 1.54) is 24.3 Å². The average molecular weight is 397 g/mol. The van der Waals surface area contributed by atoms with E-state index in [9.17, 15) is 9.18 Å². The van der Waals surface area contributed by atoms with Crippen molar-refractivity contribution >= 4 is 33.2 Å². The zero-order valence-electron chi connectivity index (χ0n) is 13.1. The lowest BCUT2D eigenvalue weighted by molar-refractivity contribution is 0.0981. The van der Waals surface area contributed by atoms with E-state index in [2.05, 4.69) is 21.2 Å². The minimum atomic E-state index is -0.360. The summed E-state index contributed by atoms with van der Waals surface area (Å²) in [6, 6.07) is 21.1. The van der Waals surface area contributed by atoms with Crippen LogP contribution in [0.3, 0.4) is 0 Å². The highest BCUT2D eigenvalue weighted by atomic mass is 79.9. The summed E-state index contributed by atoms with van der Waals surface area (Å²) >= 11 is 3.43. The van der Waals surface area contributed by atoms with Gasteiger partial charge in [-0.25, -0.2) is 4.39 Å². The van der Waals surface area contributed by atoms with E-state index in [1.54, 1.807) is 4.90 Å². The molecule has 1 aliphatic rings. The third-order valence-corrected chi connectivity index (χ3v) is 4.74. The third kappa shape index (κ3) is 2.91. The van der Waals surface area contributed by atoms with E-state index in [0.717, 1.165) is 21.4 Å². The first kappa shape index (κ1) is 15.8. The first-order chi connectivity index (χ1) is 12.1. The normalized spacial score (nSPS) is 15.6. The van der Waals surface area contributed by atoms with Gasteiger partial charge in [0.1, 0.15) is 12.0 Å². The van der Waals surface area contributed by atoms with Gasteiger partial charge in [-0.1, -0.05) is 40.2 Å². The first-order valence-electron chi connectivity index (χ1n) is 7.83. The van der Waals surface area contributed by atoms with E-state index in [4.69, 9.17) is 0 Å². The highest BCUT2D eigenvalue weighted by Crippen LogP contribution is 2.42. The van der Waals surface area contributed by atoms with Gasteiger partial charge in [-0.15, -0.1) is 0 Å². The number of anilines is 2. The molecule has 0 aromatic heterocycles. The van der Waals surface area contributed by atoms with Gasteiger partial charge in [-0.05, 0) is 54.1 Å². The fraction of sp³-hybridized carbons (Fsp3) is 0.0500. The molecule has 4 rings (SSSR count). The van der Waals surface area contributed by atoms with E-state index >= 15 is 0 Å². The molecule has 5 heteroatoms. The Morgan fingerprint density at radius 1 is 0.960 bits per heavy atom. The van der Waals surface area contributed by atoms with Crippen LogP contribution in [0.1, 0.15) is 22.1 Å². The Balaban J connectivity index is 1.78. The van der Waals surface area contributed by atoms with Gasteiger partial charge in [-0.2, -0.15) is 0 Å². The number of fused-ring (bicyclic) bond motifs is 1. The summed E-state index contributed by atoms with van der Waals surface area (Å²) in [6.45, 7) is 0. The van der Waals surface area contributed by atoms with Gasteiger partial charge < -0.3 is 5.32 Å². The molecule has 1 unspecified atom stereocenters. The average Bonchev–Trinajstić information content (AvgIpc) is 3.02.